The van der Waals surface area contributed by atoms with Crippen LogP contribution in [0.3, 0.4) is 0 Å². The van der Waals surface area contributed by atoms with E-state index in [1.807, 2.05) is 18.2 Å². The van der Waals surface area contributed by atoms with Crippen LogP contribution in [0.25, 0.3) is 5.57 Å². The number of hydrogen-bond acceptors (Lipinski definition) is 2. The van der Waals surface area contributed by atoms with Crippen LogP contribution < -0.4 is 0 Å². The highest BCUT2D eigenvalue weighted by Crippen LogP contribution is 2.36. The minimum atomic E-state index is -0.244. The van der Waals surface area contributed by atoms with Crippen molar-refractivity contribution in [2.45, 2.75) is 13.3 Å². The van der Waals surface area contributed by atoms with E-state index in [9.17, 15) is 4.79 Å². The van der Waals surface area contributed by atoms with Crippen LogP contribution >= 0.6 is 0 Å². The minimum Gasteiger partial charge on any atom is -0.265 e. The molecule has 0 unspecified atom stereocenters. The molecule has 0 N–H and O–H groups in total. The number of aryl methyl sites for hydroxylation is 1. The predicted molar refractivity (Wildman–Crippen MR) is 64.4 cm³/mol. The zero-order chi connectivity index (χ0) is 11.1. The van der Waals surface area contributed by atoms with Gasteiger partial charge < -0.3 is 0 Å². The van der Waals surface area contributed by atoms with E-state index >= 15 is 0 Å². The molecule has 3 heteroatoms. The van der Waals surface area contributed by atoms with Crippen molar-refractivity contribution in [1.82, 2.24) is 0 Å². The van der Waals surface area contributed by atoms with E-state index in [1.165, 1.54) is 5.56 Å². The van der Waals surface area contributed by atoms with Crippen molar-refractivity contribution < 1.29 is 4.79 Å². The number of carbonyl (C=O) groups is 1. The Bertz CT molecular complexity index is 580. The number of rotatable bonds is 1. The van der Waals surface area contributed by atoms with E-state index in [-0.39, 0.29) is 5.91 Å². The fourth-order valence-electron chi connectivity index (χ4n) is 2.00. The summed E-state index contributed by atoms with van der Waals surface area (Å²) in [6.07, 6.45) is 4.38. The molecule has 0 saturated heterocycles. The highest BCUT2D eigenvalue weighted by molar-refractivity contribution is 6.60. The smallest absolute Gasteiger partial charge is 0.265 e. The van der Waals surface area contributed by atoms with Crippen LogP contribution in [0, 0.1) is 0 Å². The average molecular weight is 210 g/mol. The van der Waals surface area contributed by atoms with E-state index in [1.54, 1.807) is 6.21 Å². The van der Waals surface area contributed by atoms with Gasteiger partial charge in [0.15, 0.2) is 0 Å². The number of carbonyl (C=O) groups excluding carboxylic acids is 1. The molecular weight excluding hydrogens is 200 g/mol. The van der Waals surface area contributed by atoms with Crippen molar-refractivity contribution in [2.24, 2.45) is 9.98 Å². The van der Waals surface area contributed by atoms with Gasteiger partial charge in [0.1, 0.15) is 5.71 Å². The standard InChI is InChI=1S/C13H10N2O/c1-2-8-3-4-11-10(7-8)9-5-6-14-13(16)12(9)15-11/h3-7H,2H2,1H3. The fourth-order valence-corrected chi connectivity index (χ4v) is 2.00. The van der Waals surface area contributed by atoms with Gasteiger partial charge in [0.2, 0.25) is 0 Å². The van der Waals surface area contributed by atoms with Gasteiger partial charge >= 0.3 is 0 Å². The van der Waals surface area contributed by atoms with Gasteiger partial charge in [-0.3, -0.25) is 4.79 Å². The normalized spacial score (nSPS) is 16.7. The van der Waals surface area contributed by atoms with Crippen LogP contribution in [0.15, 0.2) is 34.3 Å². The van der Waals surface area contributed by atoms with E-state index in [4.69, 9.17) is 0 Å². The van der Waals surface area contributed by atoms with Crippen molar-refractivity contribution >= 4 is 29.1 Å². The molecule has 2 aliphatic heterocycles. The second kappa shape index (κ2) is 3.23. The summed E-state index contributed by atoms with van der Waals surface area (Å²) < 4.78 is 0. The number of hydrogen-bond donors (Lipinski definition) is 0. The van der Waals surface area contributed by atoms with Crippen molar-refractivity contribution in [3.8, 4) is 0 Å². The second-order valence-corrected chi connectivity index (χ2v) is 3.83. The second-order valence-electron chi connectivity index (χ2n) is 3.83. The number of allylic oxidation sites excluding steroid dienone is 1. The van der Waals surface area contributed by atoms with E-state index < -0.39 is 0 Å². The van der Waals surface area contributed by atoms with Gasteiger partial charge in [-0.2, -0.15) is 0 Å². The van der Waals surface area contributed by atoms with Crippen molar-refractivity contribution in [2.75, 3.05) is 0 Å². The predicted octanol–water partition coefficient (Wildman–Crippen LogP) is 2.33. The van der Waals surface area contributed by atoms with Crippen LogP contribution in [-0.2, 0) is 11.2 Å². The molecule has 0 atom stereocenters. The van der Waals surface area contributed by atoms with E-state index in [2.05, 4.69) is 23.0 Å². The largest absolute Gasteiger partial charge is 0.296 e. The molecule has 16 heavy (non-hydrogen) atoms. The molecule has 2 heterocycles. The molecule has 0 aliphatic carbocycles. The molecule has 1 aromatic rings. The maximum Gasteiger partial charge on any atom is 0.296 e. The summed E-state index contributed by atoms with van der Waals surface area (Å²) in [6, 6.07) is 6.11. The summed E-state index contributed by atoms with van der Waals surface area (Å²) >= 11 is 0. The average Bonchev–Trinajstić information content (AvgIpc) is 2.68. The Kier molecular flexibility index (Phi) is 1.86. The van der Waals surface area contributed by atoms with Crippen molar-refractivity contribution in [3.63, 3.8) is 0 Å². The summed E-state index contributed by atoms with van der Waals surface area (Å²) in [5, 5.41) is 0. The van der Waals surface area contributed by atoms with Crippen LogP contribution in [-0.4, -0.2) is 17.8 Å². The molecule has 3 rings (SSSR count). The quantitative estimate of drug-likeness (QED) is 0.701. The number of nitrogens with zero attached hydrogens (tertiary/aromatic N) is 2. The molecular formula is C13H10N2O. The van der Waals surface area contributed by atoms with E-state index in [0.717, 1.165) is 23.2 Å². The van der Waals surface area contributed by atoms with Gasteiger partial charge in [-0.25, -0.2) is 9.98 Å². The first-order chi connectivity index (χ1) is 7.79. The van der Waals surface area contributed by atoms with Crippen molar-refractivity contribution in [3.05, 3.63) is 35.4 Å². The third-order valence-corrected chi connectivity index (χ3v) is 2.88. The lowest BCUT2D eigenvalue weighted by atomic mass is 9.98. The Morgan fingerprint density at radius 1 is 1.31 bits per heavy atom. The van der Waals surface area contributed by atoms with Gasteiger partial charge in [-0.05, 0) is 30.2 Å². The summed E-state index contributed by atoms with van der Waals surface area (Å²) in [7, 11) is 0. The van der Waals surface area contributed by atoms with Gasteiger partial charge in [-0.15, -0.1) is 0 Å². The zero-order valence-corrected chi connectivity index (χ0v) is 8.90. The number of amides is 1. The van der Waals surface area contributed by atoms with Crippen molar-refractivity contribution in [1.29, 1.82) is 0 Å². The number of fused-ring (bicyclic) bond motifs is 3. The fraction of sp³-hybridized carbons (Fsp3) is 0.154. The molecule has 0 spiro atoms. The topological polar surface area (TPSA) is 41.8 Å². The number of benzene rings is 1. The lowest BCUT2D eigenvalue weighted by Gasteiger charge is -2.05. The summed E-state index contributed by atoms with van der Waals surface area (Å²) in [6.45, 7) is 2.11. The highest BCUT2D eigenvalue weighted by Gasteiger charge is 2.27. The zero-order valence-electron chi connectivity index (χ0n) is 8.90. The Morgan fingerprint density at radius 2 is 2.19 bits per heavy atom. The minimum absolute atomic E-state index is 0.244. The third kappa shape index (κ3) is 1.18. The van der Waals surface area contributed by atoms with Gasteiger partial charge in [0.25, 0.3) is 5.91 Å². The molecule has 78 valence electrons. The lowest BCUT2D eigenvalue weighted by molar-refractivity contribution is -0.111. The molecule has 0 saturated carbocycles. The lowest BCUT2D eigenvalue weighted by Crippen LogP contribution is -2.13. The molecule has 0 fully saturated rings. The molecule has 0 aromatic heterocycles. The molecule has 1 amide bonds. The summed E-state index contributed by atoms with van der Waals surface area (Å²) in [5.74, 6) is -0.244. The first-order valence-electron chi connectivity index (χ1n) is 5.30. The number of dihydropyridines is 1. The van der Waals surface area contributed by atoms with Gasteiger partial charge in [0, 0.05) is 17.4 Å². The third-order valence-electron chi connectivity index (χ3n) is 2.88. The maximum atomic E-state index is 11.5. The Hall–Kier alpha value is -2.03. The van der Waals surface area contributed by atoms with Crippen LogP contribution in [0.1, 0.15) is 18.1 Å². The Balaban J connectivity index is 2.20. The van der Waals surface area contributed by atoms with Crippen LogP contribution in [0.2, 0.25) is 0 Å². The SMILES string of the molecule is CCc1ccc2c(c1)C1=CC=NC(=O)C1=N2. The first kappa shape index (κ1) is 9.21. The molecule has 0 bridgehead atoms. The first-order valence-corrected chi connectivity index (χ1v) is 5.30. The Labute approximate surface area is 93.2 Å². The van der Waals surface area contributed by atoms with Crippen LogP contribution in [0.5, 0.6) is 0 Å². The molecule has 2 aliphatic rings. The highest BCUT2D eigenvalue weighted by atomic mass is 16.1. The van der Waals surface area contributed by atoms with Gasteiger partial charge in [0.05, 0.1) is 5.69 Å². The Morgan fingerprint density at radius 3 is 3.00 bits per heavy atom. The monoisotopic (exact) mass is 210 g/mol. The van der Waals surface area contributed by atoms with E-state index in [0.29, 0.717) is 5.71 Å². The molecule has 1 aromatic carbocycles. The summed E-state index contributed by atoms with van der Waals surface area (Å²) in [5.41, 5.74) is 4.56. The summed E-state index contributed by atoms with van der Waals surface area (Å²) in [4.78, 5) is 19.6. The molecule has 0 radical (unpaired) electrons. The molecule has 3 nitrogen and oxygen atoms in total. The van der Waals surface area contributed by atoms with Crippen LogP contribution in [0.4, 0.5) is 5.69 Å². The van der Waals surface area contributed by atoms with Gasteiger partial charge in [-0.1, -0.05) is 13.0 Å². The maximum absolute atomic E-state index is 11.5. The number of aliphatic imine (C=N–C) groups is 2.